The standard InChI is InChI=1S/C19H21ClN2O4/c1-12-5-6-13(2)16(7-12)22-18(23)11-26-21-10-14-8-15(20)19(25-4)17(9-14)24-3/h5-10H,11H2,1-4H3,(H,22,23)/b21-10+. The second-order valence-corrected chi connectivity index (χ2v) is 6.02. The minimum absolute atomic E-state index is 0.203. The quantitative estimate of drug-likeness (QED) is 0.586. The maximum Gasteiger partial charge on any atom is 0.265 e. The molecule has 26 heavy (non-hydrogen) atoms. The smallest absolute Gasteiger partial charge is 0.265 e. The van der Waals surface area contributed by atoms with E-state index >= 15 is 0 Å². The van der Waals surface area contributed by atoms with Gasteiger partial charge in [-0.1, -0.05) is 28.9 Å². The molecule has 0 aliphatic carbocycles. The molecule has 0 fully saturated rings. The van der Waals surface area contributed by atoms with Crippen LogP contribution in [0.5, 0.6) is 11.5 Å². The number of halogens is 1. The Morgan fingerprint density at radius 2 is 1.96 bits per heavy atom. The lowest BCUT2D eigenvalue weighted by molar-refractivity contribution is -0.120. The molecule has 1 N–H and O–H groups in total. The van der Waals surface area contributed by atoms with E-state index in [0.717, 1.165) is 16.8 Å². The number of rotatable bonds is 7. The Morgan fingerprint density at radius 3 is 2.65 bits per heavy atom. The van der Waals surface area contributed by atoms with Gasteiger partial charge in [0.05, 0.1) is 25.5 Å². The van der Waals surface area contributed by atoms with Crippen molar-refractivity contribution in [1.29, 1.82) is 0 Å². The van der Waals surface area contributed by atoms with Crippen LogP contribution in [0, 0.1) is 13.8 Å². The summed E-state index contributed by atoms with van der Waals surface area (Å²) in [6.45, 7) is 3.68. The van der Waals surface area contributed by atoms with Crippen LogP contribution >= 0.6 is 11.6 Å². The minimum atomic E-state index is -0.291. The zero-order valence-electron chi connectivity index (χ0n) is 15.1. The zero-order valence-corrected chi connectivity index (χ0v) is 15.9. The number of hydrogen-bond acceptors (Lipinski definition) is 5. The lowest BCUT2D eigenvalue weighted by atomic mass is 10.1. The SMILES string of the molecule is COc1cc(/C=N/OCC(=O)Nc2cc(C)ccc2C)cc(Cl)c1OC. The average molecular weight is 377 g/mol. The van der Waals surface area contributed by atoms with E-state index in [1.165, 1.54) is 20.4 Å². The fourth-order valence-corrected chi connectivity index (χ4v) is 2.56. The predicted octanol–water partition coefficient (Wildman–Crippen LogP) is 3.96. The highest BCUT2D eigenvalue weighted by Crippen LogP contribution is 2.35. The maximum atomic E-state index is 12.0. The van der Waals surface area contributed by atoms with Crippen LogP contribution in [0.3, 0.4) is 0 Å². The van der Waals surface area contributed by atoms with Crippen molar-refractivity contribution < 1.29 is 19.1 Å². The van der Waals surface area contributed by atoms with Crippen molar-refractivity contribution in [2.24, 2.45) is 5.16 Å². The summed E-state index contributed by atoms with van der Waals surface area (Å²) in [5, 5.41) is 6.98. The van der Waals surface area contributed by atoms with Gasteiger partial charge in [0.1, 0.15) is 0 Å². The summed E-state index contributed by atoms with van der Waals surface area (Å²) in [6.07, 6.45) is 1.44. The lowest BCUT2D eigenvalue weighted by Gasteiger charge is -2.10. The average Bonchev–Trinajstić information content (AvgIpc) is 2.61. The summed E-state index contributed by atoms with van der Waals surface area (Å²) in [4.78, 5) is 17.0. The lowest BCUT2D eigenvalue weighted by Crippen LogP contribution is -2.17. The van der Waals surface area contributed by atoms with Gasteiger partial charge in [0.2, 0.25) is 0 Å². The number of carbonyl (C=O) groups is 1. The Kier molecular flexibility index (Phi) is 6.86. The highest BCUT2D eigenvalue weighted by Gasteiger charge is 2.10. The molecule has 0 saturated carbocycles. The molecule has 1 amide bonds. The molecule has 0 radical (unpaired) electrons. The fraction of sp³-hybridized carbons (Fsp3) is 0.263. The molecule has 0 atom stereocenters. The van der Waals surface area contributed by atoms with Crippen molar-refractivity contribution in [3.63, 3.8) is 0 Å². The summed E-state index contributed by atoms with van der Waals surface area (Å²) in [6, 6.07) is 9.20. The van der Waals surface area contributed by atoms with Crippen molar-refractivity contribution in [1.82, 2.24) is 0 Å². The van der Waals surface area contributed by atoms with Crippen molar-refractivity contribution >= 4 is 29.4 Å². The van der Waals surface area contributed by atoms with Crippen LogP contribution in [0.1, 0.15) is 16.7 Å². The topological polar surface area (TPSA) is 69.2 Å². The molecule has 138 valence electrons. The molecule has 0 aromatic heterocycles. The third-order valence-corrected chi connectivity index (χ3v) is 3.88. The Morgan fingerprint density at radius 1 is 1.19 bits per heavy atom. The van der Waals surface area contributed by atoms with Gasteiger partial charge in [0.15, 0.2) is 18.1 Å². The normalized spacial score (nSPS) is 10.7. The van der Waals surface area contributed by atoms with E-state index in [-0.39, 0.29) is 12.5 Å². The van der Waals surface area contributed by atoms with E-state index in [4.69, 9.17) is 25.9 Å². The third-order valence-electron chi connectivity index (χ3n) is 3.60. The first-order valence-corrected chi connectivity index (χ1v) is 8.26. The third kappa shape index (κ3) is 5.13. The molecular weight excluding hydrogens is 356 g/mol. The number of amides is 1. The van der Waals surface area contributed by atoms with Crippen LogP contribution in [-0.2, 0) is 9.63 Å². The van der Waals surface area contributed by atoms with E-state index in [1.54, 1.807) is 12.1 Å². The maximum absolute atomic E-state index is 12.0. The second-order valence-electron chi connectivity index (χ2n) is 5.61. The van der Waals surface area contributed by atoms with Gasteiger partial charge in [-0.05, 0) is 43.2 Å². The molecule has 0 saturated heterocycles. The number of nitrogens with zero attached hydrogens (tertiary/aromatic N) is 1. The van der Waals surface area contributed by atoms with E-state index in [1.807, 2.05) is 32.0 Å². The number of methoxy groups -OCH3 is 2. The summed E-state index contributed by atoms with van der Waals surface area (Å²) in [5.74, 6) is 0.635. The summed E-state index contributed by atoms with van der Waals surface area (Å²) in [5.41, 5.74) is 3.46. The van der Waals surface area contributed by atoms with Crippen molar-refractivity contribution in [2.45, 2.75) is 13.8 Å². The van der Waals surface area contributed by atoms with Gasteiger partial charge in [-0.25, -0.2) is 0 Å². The largest absolute Gasteiger partial charge is 0.493 e. The van der Waals surface area contributed by atoms with Crippen LogP contribution < -0.4 is 14.8 Å². The van der Waals surface area contributed by atoms with Gasteiger partial charge >= 0.3 is 0 Å². The first kappa shape index (κ1) is 19.6. The van der Waals surface area contributed by atoms with Crippen LogP contribution in [-0.4, -0.2) is 32.9 Å². The highest BCUT2D eigenvalue weighted by molar-refractivity contribution is 6.32. The van der Waals surface area contributed by atoms with Crippen LogP contribution in [0.2, 0.25) is 5.02 Å². The highest BCUT2D eigenvalue weighted by atomic mass is 35.5. The van der Waals surface area contributed by atoms with Crippen molar-refractivity contribution in [3.05, 3.63) is 52.0 Å². The zero-order chi connectivity index (χ0) is 19.1. The predicted molar refractivity (Wildman–Crippen MR) is 103 cm³/mol. The number of carbonyl (C=O) groups excluding carboxylic acids is 1. The second kappa shape index (κ2) is 9.10. The molecule has 6 nitrogen and oxygen atoms in total. The Hall–Kier alpha value is -2.73. The van der Waals surface area contributed by atoms with Gasteiger partial charge in [0, 0.05) is 11.3 Å². The molecule has 0 heterocycles. The summed E-state index contributed by atoms with van der Waals surface area (Å²) >= 11 is 6.12. The van der Waals surface area contributed by atoms with Crippen LogP contribution in [0.25, 0.3) is 0 Å². The Balaban J connectivity index is 1.94. The van der Waals surface area contributed by atoms with Gasteiger partial charge in [0.25, 0.3) is 5.91 Å². The summed E-state index contributed by atoms with van der Waals surface area (Å²) < 4.78 is 10.4. The number of benzene rings is 2. The molecule has 7 heteroatoms. The van der Waals surface area contributed by atoms with Crippen LogP contribution in [0.15, 0.2) is 35.5 Å². The molecule has 0 aliphatic heterocycles. The molecular formula is C19H21ClN2O4. The fourth-order valence-electron chi connectivity index (χ4n) is 2.26. The van der Waals surface area contributed by atoms with E-state index < -0.39 is 0 Å². The van der Waals surface area contributed by atoms with E-state index in [0.29, 0.717) is 22.1 Å². The Bertz CT molecular complexity index is 821. The van der Waals surface area contributed by atoms with Gasteiger partial charge in [-0.15, -0.1) is 0 Å². The van der Waals surface area contributed by atoms with Crippen molar-refractivity contribution in [2.75, 3.05) is 26.1 Å². The summed E-state index contributed by atoms with van der Waals surface area (Å²) in [7, 11) is 3.03. The number of hydrogen-bond donors (Lipinski definition) is 1. The van der Waals surface area contributed by atoms with E-state index in [9.17, 15) is 4.79 Å². The minimum Gasteiger partial charge on any atom is -0.493 e. The van der Waals surface area contributed by atoms with E-state index in [2.05, 4.69) is 10.5 Å². The molecule has 2 aromatic rings. The molecule has 0 bridgehead atoms. The van der Waals surface area contributed by atoms with Crippen molar-refractivity contribution in [3.8, 4) is 11.5 Å². The number of oxime groups is 1. The number of aryl methyl sites for hydroxylation is 2. The molecule has 2 rings (SSSR count). The monoisotopic (exact) mass is 376 g/mol. The first-order chi connectivity index (χ1) is 12.4. The Labute approximate surface area is 157 Å². The number of nitrogens with one attached hydrogen (secondary N) is 1. The number of anilines is 1. The van der Waals surface area contributed by atoms with Crippen LogP contribution in [0.4, 0.5) is 5.69 Å². The van der Waals surface area contributed by atoms with Gasteiger partial charge in [-0.3, -0.25) is 4.79 Å². The first-order valence-electron chi connectivity index (χ1n) is 7.88. The van der Waals surface area contributed by atoms with Gasteiger partial charge < -0.3 is 19.6 Å². The molecule has 0 unspecified atom stereocenters. The molecule has 2 aromatic carbocycles. The van der Waals surface area contributed by atoms with Gasteiger partial charge in [-0.2, -0.15) is 0 Å². The number of ether oxygens (including phenoxy) is 2. The molecule has 0 spiro atoms. The molecule has 0 aliphatic rings.